The van der Waals surface area contributed by atoms with Gasteiger partial charge in [0.05, 0.1) is 10.0 Å². The lowest BCUT2D eigenvalue weighted by atomic mass is 10.4. The molecule has 0 saturated carbocycles. The van der Waals surface area contributed by atoms with Gasteiger partial charge in [-0.3, -0.25) is 0 Å². The van der Waals surface area contributed by atoms with Crippen LogP contribution in [0.2, 0.25) is 10.0 Å². The van der Waals surface area contributed by atoms with Crippen molar-refractivity contribution in [2.75, 3.05) is 11.9 Å². The maximum Gasteiger partial charge on any atom is 0.171 e. The predicted molar refractivity (Wildman–Crippen MR) is 68.8 cm³/mol. The Kier molecular flexibility index (Phi) is 5.08. The van der Waals surface area contributed by atoms with Crippen molar-refractivity contribution in [3.05, 3.63) is 22.3 Å². The van der Waals surface area contributed by atoms with Gasteiger partial charge in [0, 0.05) is 12.7 Å². The molecule has 2 N–H and O–H groups in total. The van der Waals surface area contributed by atoms with Crippen molar-refractivity contribution in [1.82, 2.24) is 10.3 Å². The number of anilines is 1. The Morgan fingerprint density at radius 2 is 2.27 bits per heavy atom. The fourth-order valence-corrected chi connectivity index (χ4v) is 1.52. The quantitative estimate of drug-likeness (QED) is 0.823. The van der Waals surface area contributed by atoms with E-state index in [1.807, 2.05) is 0 Å². The second-order valence-electron chi connectivity index (χ2n) is 2.86. The van der Waals surface area contributed by atoms with Crippen molar-refractivity contribution >= 4 is 46.4 Å². The molecule has 0 aliphatic carbocycles. The number of nitrogens with zero attached hydrogens (tertiary/aromatic N) is 1. The molecule has 0 bridgehead atoms. The molecule has 3 nitrogen and oxygen atoms in total. The first kappa shape index (κ1) is 12.5. The smallest absolute Gasteiger partial charge is 0.171 e. The predicted octanol–water partition coefficient (Wildman–Crippen LogP) is 3.08. The number of hydrogen-bond acceptors (Lipinski definition) is 2. The number of pyridine rings is 1. The molecule has 1 rings (SSSR count). The van der Waals surface area contributed by atoms with Gasteiger partial charge in [-0.2, -0.15) is 0 Å². The Balaban J connectivity index is 2.60. The first-order valence-corrected chi connectivity index (χ1v) is 5.65. The van der Waals surface area contributed by atoms with Crippen LogP contribution in [0, 0.1) is 0 Å². The van der Waals surface area contributed by atoms with Crippen LogP contribution in [0.1, 0.15) is 13.3 Å². The minimum absolute atomic E-state index is 0.447. The van der Waals surface area contributed by atoms with Crippen molar-refractivity contribution in [1.29, 1.82) is 0 Å². The molecule has 1 aromatic rings. The molecule has 1 heterocycles. The van der Waals surface area contributed by atoms with E-state index in [2.05, 4.69) is 22.5 Å². The van der Waals surface area contributed by atoms with Gasteiger partial charge in [-0.05, 0) is 24.7 Å². The second-order valence-corrected chi connectivity index (χ2v) is 4.12. The summed E-state index contributed by atoms with van der Waals surface area (Å²) in [7, 11) is 0. The number of rotatable bonds is 3. The minimum atomic E-state index is 0.447. The van der Waals surface area contributed by atoms with Gasteiger partial charge in [0.25, 0.3) is 0 Å². The van der Waals surface area contributed by atoms with Gasteiger partial charge in [0.15, 0.2) is 10.9 Å². The summed E-state index contributed by atoms with van der Waals surface area (Å²) in [6.45, 7) is 2.88. The summed E-state index contributed by atoms with van der Waals surface area (Å²) >= 11 is 16.7. The molecule has 6 heteroatoms. The molecule has 0 fully saturated rings. The van der Waals surface area contributed by atoms with Crippen molar-refractivity contribution in [3.63, 3.8) is 0 Å². The summed E-state index contributed by atoms with van der Waals surface area (Å²) in [5, 5.41) is 7.36. The van der Waals surface area contributed by atoms with Crippen LogP contribution in [-0.2, 0) is 0 Å². The van der Waals surface area contributed by atoms with Crippen molar-refractivity contribution in [2.24, 2.45) is 0 Å². The molecule has 0 aliphatic heterocycles. The van der Waals surface area contributed by atoms with Crippen LogP contribution in [0.15, 0.2) is 12.3 Å². The van der Waals surface area contributed by atoms with Crippen LogP contribution >= 0.6 is 35.4 Å². The standard InChI is InChI=1S/C9H11Cl2N3S/c1-2-3-12-9(15)14-8-7(11)4-6(10)5-13-8/h4-5H,2-3H2,1H3,(H2,12,13,14,15). The molecule has 0 radical (unpaired) electrons. The van der Waals surface area contributed by atoms with Gasteiger partial charge in [-0.25, -0.2) is 4.98 Å². The molecular formula is C9H11Cl2N3S. The maximum absolute atomic E-state index is 5.91. The number of thiocarbonyl (C=S) groups is 1. The van der Waals surface area contributed by atoms with E-state index in [4.69, 9.17) is 35.4 Å². The van der Waals surface area contributed by atoms with Gasteiger partial charge in [0.2, 0.25) is 0 Å². The summed E-state index contributed by atoms with van der Waals surface area (Å²) in [6.07, 6.45) is 2.52. The van der Waals surface area contributed by atoms with Crippen molar-refractivity contribution < 1.29 is 0 Å². The zero-order valence-corrected chi connectivity index (χ0v) is 10.5. The number of aromatic nitrogens is 1. The topological polar surface area (TPSA) is 37.0 Å². The number of nitrogens with one attached hydrogen (secondary N) is 2. The fraction of sp³-hybridized carbons (Fsp3) is 0.333. The highest BCUT2D eigenvalue weighted by atomic mass is 35.5. The molecule has 0 aromatic carbocycles. The SMILES string of the molecule is CCCNC(=S)Nc1ncc(Cl)cc1Cl. The molecule has 0 spiro atoms. The molecule has 0 aliphatic rings. The normalized spacial score (nSPS) is 9.80. The lowest BCUT2D eigenvalue weighted by Crippen LogP contribution is -2.29. The molecule has 15 heavy (non-hydrogen) atoms. The monoisotopic (exact) mass is 263 g/mol. The number of hydrogen-bond donors (Lipinski definition) is 2. The molecule has 1 aromatic heterocycles. The average molecular weight is 264 g/mol. The molecule has 0 saturated heterocycles. The zero-order valence-electron chi connectivity index (χ0n) is 8.18. The molecule has 0 unspecified atom stereocenters. The fourth-order valence-electron chi connectivity index (χ4n) is 0.897. The Labute approximate surface area is 104 Å². The molecule has 82 valence electrons. The van der Waals surface area contributed by atoms with Crippen LogP contribution in [0.5, 0.6) is 0 Å². The summed E-state index contributed by atoms with van der Waals surface area (Å²) in [6, 6.07) is 1.61. The van der Waals surface area contributed by atoms with E-state index in [1.165, 1.54) is 6.20 Å². The van der Waals surface area contributed by atoms with Crippen LogP contribution in [-0.4, -0.2) is 16.6 Å². The third kappa shape index (κ3) is 4.20. The summed E-state index contributed by atoms with van der Waals surface area (Å²) in [4.78, 5) is 4.02. The summed E-state index contributed by atoms with van der Waals surface area (Å²) < 4.78 is 0. The van der Waals surface area contributed by atoms with E-state index in [1.54, 1.807) is 6.07 Å². The van der Waals surface area contributed by atoms with Gasteiger partial charge in [0.1, 0.15) is 0 Å². The Hall–Kier alpha value is -0.580. The van der Waals surface area contributed by atoms with Crippen LogP contribution < -0.4 is 10.6 Å². The van der Waals surface area contributed by atoms with Crippen LogP contribution in [0.3, 0.4) is 0 Å². The lowest BCUT2D eigenvalue weighted by Gasteiger charge is -2.09. The highest BCUT2D eigenvalue weighted by molar-refractivity contribution is 7.80. The van der Waals surface area contributed by atoms with E-state index in [-0.39, 0.29) is 0 Å². The van der Waals surface area contributed by atoms with E-state index < -0.39 is 0 Å². The maximum atomic E-state index is 5.91. The highest BCUT2D eigenvalue weighted by Crippen LogP contribution is 2.22. The Bertz CT molecular complexity index is 357. The van der Waals surface area contributed by atoms with Gasteiger partial charge >= 0.3 is 0 Å². The summed E-state index contributed by atoms with van der Waals surface area (Å²) in [5.74, 6) is 0.509. The van der Waals surface area contributed by atoms with Gasteiger partial charge < -0.3 is 10.6 Å². The van der Waals surface area contributed by atoms with Crippen LogP contribution in [0.25, 0.3) is 0 Å². The first-order valence-electron chi connectivity index (χ1n) is 4.49. The molecule has 0 amide bonds. The Morgan fingerprint density at radius 3 is 2.87 bits per heavy atom. The second kappa shape index (κ2) is 6.10. The largest absolute Gasteiger partial charge is 0.362 e. The minimum Gasteiger partial charge on any atom is -0.362 e. The van der Waals surface area contributed by atoms with Crippen LogP contribution in [0.4, 0.5) is 5.82 Å². The van der Waals surface area contributed by atoms with Crippen molar-refractivity contribution in [3.8, 4) is 0 Å². The molecular weight excluding hydrogens is 253 g/mol. The van der Waals surface area contributed by atoms with Gasteiger partial charge in [-0.15, -0.1) is 0 Å². The average Bonchev–Trinajstić information content (AvgIpc) is 2.19. The summed E-state index contributed by atoms with van der Waals surface area (Å²) in [5.41, 5.74) is 0. The van der Waals surface area contributed by atoms with E-state index in [0.29, 0.717) is 21.0 Å². The lowest BCUT2D eigenvalue weighted by molar-refractivity contribution is 0.846. The Morgan fingerprint density at radius 1 is 1.53 bits per heavy atom. The van der Waals surface area contributed by atoms with E-state index in [9.17, 15) is 0 Å². The van der Waals surface area contributed by atoms with Crippen molar-refractivity contribution in [2.45, 2.75) is 13.3 Å². The molecule has 0 atom stereocenters. The van der Waals surface area contributed by atoms with Gasteiger partial charge in [-0.1, -0.05) is 30.1 Å². The highest BCUT2D eigenvalue weighted by Gasteiger charge is 2.04. The third-order valence-corrected chi connectivity index (χ3v) is 2.32. The third-order valence-electron chi connectivity index (χ3n) is 1.58. The number of halogens is 2. The first-order chi connectivity index (χ1) is 7.13. The zero-order chi connectivity index (χ0) is 11.3. The van der Waals surface area contributed by atoms with E-state index >= 15 is 0 Å². The van der Waals surface area contributed by atoms with E-state index in [0.717, 1.165) is 13.0 Å².